The lowest BCUT2D eigenvalue weighted by molar-refractivity contribution is 0.0901. The summed E-state index contributed by atoms with van der Waals surface area (Å²) in [5, 5.41) is 2.21. The monoisotopic (exact) mass is 281 g/mol. The molecule has 110 valence electrons. The maximum absolute atomic E-state index is 12.7. The zero-order chi connectivity index (χ0) is 14.7. The SMILES string of the molecule is CN(CC(=O)c1cccc2ccccc12)C1CCCCC1. The Balaban J connectivity index is 1.77. The number of Topliss-reactive ketones (excluding diaryl/α,β-unsaturated/α-hetero) is 1. The first-order valence-corrected chi connectivity index (χ1v) is 7.97. The van der Waals surface area contributed by atoms with Crippen LogP contribution in [0.15, 0.2) is 42.5 Å². The fourth-order valence-corrected chi connectivity index (χ4v) is 3.43. The molecule has 0 unspecified atom stereocenters. The van der Waals surface area contributed by atoms with E-state index in [1.165, 1.54) is 32.1 Å². The van der Waals surface area contributed by atoms with Crippen molar-refractivity contribution in [2.24, 2.45) is 0 Å². The van der Waals surface area contributed by atoms with Gasteiger partial charge in [-0.25, -0.2) is 0 Å². The molecule has 1 aliphatic carbocycles. The summed E-state index contributed by atoms with van der Waals surface area (Å²) in [5.74, 6) is 0.236. The van der Waals surface area contributed by atoms with Gasteiger partial charge in [0, 0.05) is 11.6 Å². The van der Waals surface area contributed by atoms with Crippen molar-refractivity contribution < 1.29 is 4.79 Å². The summed E-state index contributed by atoms with van der Waals surface area (Å²) < 4.78 is 0. The number of nitrogens with zero attached hydrogens (tertiary/aromatic N) is 1. The third-order valence-corrected chi connectivity index (χ3v) is 4.68. The van der Waals surface area contributed by atoms with Crippen molar-refractivity contribution in [1.29, 1.82) is 0 Å². The number of rotatable bonds is 4. The summed E-state index contributed by atoms with van der Waals surface area (Å²) in [6.45, 7) is 0.526. The Bertz CT molecular complexity index is 623. The Morgan fingerprint density at radius 1 is 1.05 bits per heavy atom. The molecule has 21 heavy (non-hydrogen) atoms. The van der Waals surface area contributed by atoms with Crippen LogP contribution in [-0.4, -0.2) is 30.3 Å². The number of hydrogen-bond donors (Lipinski definition) is 0. The molecular weight excluding hydrogens is 258 g/mol. The minimum absolute atomic E-state index is 0.236. The molecule has 0 N–H and O–H groups in total. The van der Waals surface area contributed by atoms with E-state index in [-0.39, 0.29) is 5.78 Å². The number of ketones is 1. The number of benzene rings is 2. The number of fused-ring (bicyclic) bond motifs is 1. The first kappa shape index (κ1) is 14.3. The Morgan fingerprint density at radius 3 is 2.57 bits per heavy atom. The second-order valence-corrected chi connectivity index (χ2v) is 6.16. The third kappa shape index (κ3) is 3.16. The summed E-state index contributed by atoms with van der Waals surface area (Å²) >= 11 is 0. The highest BCUT2D eigenvalue weighted by molar-refractivity contribution is 6.09. The van der Waals surface area contributed by atoms with E-state index in [4.69, 9.17) is 0 Å². The van der Waals surface area contributed by atoms with Gasteiger partial charge in [-0.2, -0.15) is 0 Å². The highest BCUT2D eigenvalue weighted by Gasteiger charge is 2.20. The van der Waals surface area contributed by atoms with Crippen LogP contribution in [0.25, 0.3) is 10.8 Å². The molecule has 0 aliphatic heterocycles. The van der Waals surface area contributed by atoms with Crippen LogP contribution in [0, 0.1) is 0 Å². The van der Waals surface area contributed by atoms with Gasteiger partial charge in [0.1, 0.15) is 0 Å². The summed E-state index contributed by atoms with van der Waals surface area (Å²) in [6, 6.07) is 14.7. The van der Waals surface area contributed by atoms with Crippen molar-refractivity contribution in [3.05, 3.63) is 48.0 Å². The van der Waals surface area contributed by atoms with E-state index in [0.29, 0.717) is 12.6 Å². The lowest BCUT2D eigenvalue weighted by atomic mass is 9.94. The van der Waals surface area contributed by atoms with Crippen LogP contribution in [0.3, 0.4) is 0 Å². The van der Waals surface area contributed by atoms with Gasteiger partial charge in [-0.1, -0.05) is 61.7 Å². The standard InChI is InChI=1S/C19H23NO/c1-20(16-10-3-2-4-11-16)14-19(21)18-13-7-9-15-8-5-6-12-17(15)18/h5-9,12-13,16H,2-4,10-11,14H2,1H3. The van der Waals surface area contributed by atoms with Gasteiger partial charge in [0.15, 0.2) is 5.78 Å². The van der Waals surface area contributed by atoms with Gasteiger partial charge in [-0.3, -0.25) is 9.69 Å². The van der Waals surface area contributed by atoms with Crippen LogP contribution in [0.1, 0.15) is 42.5 Å². The van der Waals surface area contributed by atoms with Crippen molar-refractivity contribution in [2.75, 3.05) is 13.6 Å². The Labute approximate surface area is 126 Å². The largest absolute Gasteiger partial charge is 0.296 e. The van der Waals surface area contributed by atoms with E-state index in [1.54, 1.807) is 0 Å². The molecule has 0 heterocycles. The lowest BCUT2D eigenvalue weighted by Gasteiger charge is -2.30. The molecule has 1 saturated carbocycles. The zero-order valence-corrected chi connectivity index (χ0v) is 12.7. The molecule has 2 nitrogen and oxygen atoms in total. The topological polar surface area (TPSA) is 20.3 Å². The van der Waals surface area contributed by atoms with Gasteiger partial charge >= 0.3 is 0 Å². The lowest BCUT2D eigenvalue weighted by Crippen LogP contribution is -2.37. The average Bonchev–Trinajstić information content (AvgIpc) is 2.55. The second kappa shape index (κ2) is 6.40. The van der Waals surface area contributed by atoms with Gasteiger partial charge in [0.25, 0.3) is 0 Å². The number of likely N-dealkylation sites (N-methyl/N-ethyl adjacent to an activating group) is 1. The molecule has 0 aromatic heterocycles. The van der Waals surface area contributed by atoms with Gasteiger partial charge in [-0.15, -0.1) is 0 Å². The van der Waals surface area contributed by atoms with Crippen molar-refractivity contribution in [1.82, 2.24) is 4.90 Å². The van der Waals surface area contributed by atoms with Crippen LogP contribution in [0.2, 0.25) is 0 Å². The van der Waals surface area contributed by atoms with E-state index in [9.17, 15) is 4.79 Å². The molecule has 1 fully saturated rings. The Hall–Kier alpha value is -1.67. The summed E-state index contributed by atoms with van der Waals surface area (Å²) in [5.41, 5.74) is 0.857. The van der Waals surface area contributed by atoms with E-state index < -0.39 is 0 Å². The molecule has 0 radical (unpaired) electrons. The smallest absolute Gasteiger partial charge is 0.177 e. The molecule has 0 amide bonds. The van der Waals surface area contributed by atoms with Crippen molar-refractivity contribution in [2.45, 2.75) is 38.1 Å². The van der Waals surface area contributed by atoms with E-state index in [2.05, 4.69) is 24.1 Å². The number of carbonyl (C=O) groups is 1. The highest BCUT2D eigenvalue weighted by Crippen LogP contribution is 2.23. The second-order valence-electron chi connectivity index (χ2n) is 6.16. The van der Waals surface area contributed by atoms with Crippen molar-refractivity contribution in [3.63, 3.8) is 0 Å². The van der Waals surface area contributed by atoms with Gasteiger partial charge < -0.3 is 0 Å². The van der Waals surface area contributed by atoms with Crippen LogP contribution in [0.5, 0.6) is 0 Å². The van der Waals surface area contributed by atoms with Gasteiger partial charge in [0.05, 0.1) is 6.54 Å². The first-order valence-electron chi connectivity index (χ1n) is 7.97. The van der Waals surface area contributed by atoms with E-state index >= 15 is 0 Å². The van der Waals surface area contributed by atoms with Crippen LogP contribution >= 0.6 is 0 Å². The molecule has 1 aliphatic rings. The van der Waals surface area contributed by atoms with Crippen LogP contribution in [0.4, 0.5) is 0 Å². The van der Waals surface area contributed by atoms with Gasteiger partial charge in [0.2, 0.25) is 0 Å². The number of carbonyl (C=O) groups excluding carboxylic acids is 1. The molecule has 2 aromatic rings. The summed E-state index contributed by atoms with van der Waals surface area (Å²) in [7, 11) is 2.10. The van der Waals surface area contributed by atoms with Crippen LogP contribution in [-0.2, 0) is 0 Å². The fourth-order valence-electron chi connectivity index (χ4n) is 3.43. The maximum Gasteiger partial charge on any atom is 0.177 e. The molecular formula is C19H23NO. The average molecular weight is 281 g/mol. The highest BCUT2D eigenvalue weighted by atomic mass is 16.1. The predicted molar refractivity (Wildman–Crippen MR) is 87.8 cm³/mol. The van der Waals surface area contributed by atoms with E-state index in [0.717, 1.165) is 16.3 Å². The van der Waals surface area contributed by atoms with Crippen molar-refractivity contribution >= 4 is 16.6 Å². The molecule has 2 heteroatoms. The molecule has 0 atom stereocenters. The summed E-state index contributed by atoms with van der Waals surface area (Å²) in [4.78, 5) is 14.9. The zero-order valence-electron chi connectivity index (χ0n) is 12.7. The molecule has 0 saturated heterocycles. The summed E-state index contributed by atoms with van der Waals surface area (Å²) in [6.07, 6.45) is 6.43. The third-order valence-electron chi connectivity index (χ3n) is 4.68. The molecule has 0 spiro atoms. The minimum Gasteiger partial charge on any atom is -0.296 e. The van der Waals surface area contributed by atoms with Crippen LogP contribution < -0.4 is 0 Å². The minimum atomic E-state index is 0.236. The normalized spacial score (nSPS) is 16.5. The van der Waals surface area contributed by atoms with Gasteiger partial charge in [-0.05, 0) is 30.7 Å². The predicted octanol–water partition coefficient (Wildman–Crippen LogP) is 4.29. The van der Waals surface area contributed by atoms with Crippen molar-refractivity contribution in [3.8, 4) is 0 Å². The maximum atomic E-state index is 12.7. The molecule has 0 bridgehead atoms. The fraction of sp³-hybridized carbons (Fsp3) is 0.421. The Morgan fingerprint density at radius 2 is 1.76 bits per heavy atom. The number of hydrogen-bond acceptors (Lipinski definition) is 2. The Kier molecular flexibility index (Phi) is 4.35. The first-order chi connectivity index (χ1) is 10.3. The quantitative estimate of drug-likeness (QED) is 0.779. The molecule has 2 aromatic carbocycles. The molecule has 3 rings (SSSR count). The van der Waals surface area contributed by atoms with E-state index in [1.807, 2.05) is 30.3 Å².